The zero-order chi connectivity index (χ0) is 23.6. The third-order valence-electron chi connectivity index (χ3n) is 6.06. The molecule has 3 aromatic rings. The van der Waals surface area contributed by atoms with E-state index in [4.69, 9.17) is 4.74 Å². The molecule has 1 atom stereocenters. The lowest BCUT2D eigenvalue weighted by Gasteiger charge is -2.31. The molecule has 0 aliphatic carbocycles. The van der Waals surface area contributed by atoms with E-state index >= 15 is 0 Å². The van der Waals surface area contributed by atoms with Crippen LogP contribution < -0.4 is 14.4 Å². The van der Waals surface area contributed by atoms with Gasteiger partial charge in [0.25, 0.3) is 15.9 Å². The number of hydrogen-bond donors (Lipinski definition) is 1. The van der Waals surface area contributed by atoms with Gasteiger partial charge in [-0.2, -0.15) is 0 Å². The van der Waals surface area contributed by atoms with E-state index in [1.807, 2.05) is 62.4 Å². The summed E-state index contributed by atoms with van der Waals surface area (Å²) in [6.45, 7) is 4.28. The highest BCUT2D eigenvalue weighted by Crippen LogP contribution is 2.35. The molecule has 3 aromatic carbocycles. The zero-order valence-corrected chi connectivity index (χ0v) is 19.9. The second-order valence-electron chi connectivity index (χ2n) is 8.23. The van der Waals surface area contributed by atoms with Crippen molar-refractivity contribution in [1.29, 1.82) is 0 Å². The summed E-state index contributed by atoms with van der Waals surface area (Å²) in [5.41, 5.74) is 4.02. The summed E-state index contributed by atoms with van der Waals surface area (Å²) in [7, 11) is -2.50. The van der Waals surface area contributed by atoms with Crippen LogP contribution in [0.3, 0.4) is 0 Å². The lowest BCUT2D eigenvalue weighted by molar-refractivity contribution is 0.0939. The minimum atomic E-state index is -3.93. The number of carbonyl (C=O) groups excluding carboxylic acids is 1. The molecule has 1 aliphatic heterocycles. The third-order valence-corrected chi connectivity index (χ3v) is 7.90. The van der Waals surface area contributed by atoms with Crippen molar-refractivity contribution >= 4 is 21.6 Å². The highest BCUT2D eigenvalue weighted by Gasteiger charge is 2.32. The first-order valence-corrected chi connectivity index (χ1v) is 12.4. The van der Waals surface area contributed by atoms with Gasteiger partial charge < -0.3 is 10.1 Å². The second kappa shape index (κ2) is 9.27. The summed E-state index contributed by atoms with van der Waals surface area (Å²) in [6, 6.07) is 19.7. The van der Waals surface area contributed by atoms with E-state index in [1.54, 1.807) is 6.07 Å². The van der Waals surface area contributed by atoms with Crippen LogP contribution in [-0.4, -0.2) is 28.0 Å². The van der Waals surface area contributed by atoms with Crippen LogP contribution >= 0.6 is 0 Å². The first-order chi connectivity index (χ1) is 15.8. The molecule has 1 amide bonds. The predicted molar refractivity (Wildman–Crippen MR) is 129 cm³/mol. The number of hydrogen-bond acceptors (Lipinski definition) is 4. The number of aryl methyl sites for hydroxylation is 2. The topological polar surface area (TPSA) is 75.7 Å². The first kappa shape index (κ1) is 22.9. The summed E-state index contributed by atoms with van der Waals surface area (Å²) < 4.78 is 34.2. The van der Waals surface area contributed by atoms with Crippen LogP contribution in [0.2, 0.25) is 0 Å². The van der Waals surface area contributed by atoms with Crippen molar-refractivity contribution in [2.24, 2.45) is 0 Å². The van der Waals surface area contributed by atoms with Gasteiger partial charge in [-0.3, -0.25) is 9.10 Å². The Bertz CT molecular complexity index is 1290. The number of ether oxygens (including phenoxy) is 1. The highest BCUT2D eigenvalue weighted by atomic mass is 32.2. The summed E-state index contributed by atoms with van der Waals surface area (Å²) in [5, 5.41) is 2.98. The number of nitrogens with one attached hydrogen (secondary N) is 1. The Kier molecular flexibility index (Phi) is 6.42. The number of anilines is 1. The smallest absolute Gasteiger partial charge is 0.268 e. The molecule has 0 saturated heterocycles. The van der Waals surface area contributed by atoms with Crippen molar-refractivity contribution in [2.45, 2.75) is 37.6 Å². The summed E-state index contributed by atoms with van der Waals surface area (Å²) in [6.07, 6.45) is 1.56. The molecule has 172 valence electrons. The Morgan fingerprint density at radius 1 is 1.06 bits per heavy atom. The van der Waals surface area contributed by atoms with Crippen LogP contribution in [0.1, 0.15) is 46.4 Å². The molecule has 0 bridgehead atoms. The molecule has 33 heavy (non-hydrogen) atoms. The fraction of sp³-hybridized carbons (Fsp3) is 0.269. The van der Waals surface area contributed by atoms with Gasteiger partial charge in [-0.1, -0.05) is 42.5 Å². The monoisotopic (exact) mass is 464 g/mol. The van der Waals surface area contributed by atoms with Gasteiger partial charge in [0.1, 0.15) is 10.6 Å². The Hall–Kier alpha value is -3.32. The van der Waals surface area contributed by atoms with Gasteiger partial charge in [0.2, 0.25) is 0 Å². The lowest BCUT2D eigenvalue weighted by atomic mass is 10.0. The second-order valence-corrected chi connectivity index (χ2v) is 10.1. The fourth-order valence-electron chi connectivity index (χ4n) is 4.32. The number of sulfonamides is 1. The number of amides is 1. The zero-order valence-electron chi connectivity index (χ0n) is 19.0. The van der Waals surface area contributed by atoms with Crippen molar-refractivity contribution in [3.8, 4) is 5.75 Å². The Morgan fingerprint density at radius 2 is 1.79 bits per heavy atom. The van der Waals surface area contributed by atoms with Gasteiger partial charge in [-0.05, 0) is 67.6 Å². The lowest BCUT2D eigenvalue weighted by Crippen LogP contribution is -2.36. The summed E-state index contributed by atoms with van der Waals surface area (Å²) >= 11 is 0. The van der Waals surface area contributed by atoms with Gasteiger partial charge in [-0.25, -0.2) is 8.42 Å². The number of nitrogens with zero attached hydrogens (tertiary/aromatic N) is 1. The van der Waals surface area contributed by atoms with Crippen LogP contribution in [0, 0.1) is 6.92 Å². The Morgan fingerprint density at radius 3 is 2.55 bits per heavy atom. The minimum absolute atomic E-state index is 0.0158. The summed E-state index contributed by atoms with van der Waals surface area (Å²) in [4.78, 5) is 13.0. The molecule has 0 fully saturated rings. The maximum Gasteiger partial charge on any atom is 0.268 e. The van der Waals surface area contributed by atoms with E-state index in [2.05, 4.69) is 5.32 Å². The van der Waals surface area contributed by atoms with Gasteiger partial charge in [0, 0.05) is 12.1 Å². The van der Waals surface area contributed by atoms with Crippen molar-refractivity contribution in [1.82, 2.24) is 5.32 Å². The van der Waals surface area contributed by atoms with Crippen LogP contribution in [-0.2, 0) is 16.4 Å². The molecular weight excluding hydrogens is 436 g/mol. The largest absolute Gasteiger partial charge is 0.495 e. The molecule has 1 unspecified atom stereocenters. The molecule has 0 aromatic heterocycles. The Labute approximate surface area is 195 Å². The number of para-hydroxylation sites is 1. The van der Waals surface area contributed by atoms with E-state index in [0.717, 1.165) is 29.5 Å². The molecule has 1 heterocycles. The molecule has 0 radical (unpaired) electrons. The van der Waals surface area contributed by atoms with Gasteiger partial charge in [0.05, 0.1) is 18.8 Å². The highest BCUT2D eigenvalue weighted by molar-refractivity contribution is 7.93. The minimum Gasteiger partial charge on any atom is -0.495 e. The van der Waals surface area contributed by atoms with Gasteiger partial charge >= 0.3 is 0 Å². The van der Waals surface area contributed by atoms with E-state index in [0.29, 0.717) is 12.2 Å². The molecule has 0 spiro atoms. The van der Waals surface area contributed by atoms with E-state index in [-0.39, 0.29) is 28.2 Å². The molecule has 6 nitrogen and oxygen atoms in total. The summed E-state index contributed by atoms with van der Waals surface area (Å²) in [5.74, 6) is -0.134. The molecule has 7 heteroatoms. The van der Waals surface area contributed by atoms with Crippen molar-refractivity contribution in [3.05, 3.63) is 89.0 Å². The maximum absolute atomic E-state index is 13.7. The molecule has 1 aliphatic rings. The number of fused-ring (bicyclic) bond motifs is 1. The Balaban J connectivity index is 1.68. The maximum atomic E-state index is 13.7. The van der Waals surface area contributed by atoms with Crippen LogP contribution in [0.4, 0.5) is 5.69 Å². The van der Waals surface area contributed by atoms with Gasteiger partial charge in [0.15, 0.2) is 0 Å². The molecule has 0 saturated carbocycles. The molecular formula is C26H28N2O4S. The first-order valence-electron chi connectivity index (χ1n) is 11.0. The number of methoxy groups -OCH3 is 1. The molecule has 4 rings (SSSR count). The average molecular weight is 465 g/mol. The SMILES string of the molecule is COc1ccc(C(=O)NC(C)c2ccccc2C)cc1S(=O)(=O)N1CCCc2ccccc21. The fourth-order valence-corrected chi connectivity index (χ4v) is 6.04. The van der Waals surface area contributed by atoms with E-state index < -0.39 is 10.0 Å². The van der Waals surface area contributed by atoms with Crippen LogP contribution in [0.25, 0.3) is 0 Å². The van der Waals surface area contributed by atoms with E-state index in [1.165, 1.54) is 23.5 Å². The van der Waals surface area contributed by atoms with Crippen molar-refractivity contribution < 1.29 is 17.9 Å². The average Bonchev–Trinajstić information content (AvgIpc) is 2.83. The van der Waals surface area contributed by atoms with Gasteiger partial charge in [-0.15, -0.1) is 0 Å². The van der Waals surface area contributed by atoms with Crippen molar-refractivity contribution in [3.63, 3.8) is 0 Å². The number of carbonyl (C=O) groups is 1. The number of benzene rings is 3. The van der Waals surface area contributed by atoms with Crippen molar-refractivity contribution in [2.75, 3.05) is 18.0 Å². The third kappa shape index (κ3) is 4.46. The molecule has 1 N–H and O–H groups in total. The van der Waals surface area contributed by atoms with Crippen LogP contribution in [0.15, 0.2) is 71.6 Å². The number of rotatable bonds is 6. The predicted octanol–water partition coefficient (Wildman–Crippen LogP) is 4.64. The van der Waals surface area contributed by atoms with E-state index in [9.17, 15) is 13.2 Å². The normalized spacial score (nSPS) is 14.3. The quantitative estimate of drug-likeness (QED) is 0.577. The standard InChI is InChI=1S/C26H28N2O4S/c1-18-9-4-6-12-22(18)19(2)27-26(29)21-14-15-24(32-3)25(17-21)33(30,31)28-16-8-11-20-10-5-7-13-23(20)28/h4-7,9-10,12-15,17,19H,8,11,16H2,1-3H3,(H,27,29). The van der Waals surface area contributed by atoms with Crippen LogP contribution in [0.5, 0.6) is 5.75 Å².